The number of rotatable bonds is 8. The zero-order valence-corrected chi connectivity index (χ0v) is 14.2. The minimum atomic E-state index is -0.928. The lowest BCUT2D eigenvalue weighted by atomic mass is 9.92. The molecule has 0 spiro atoms. The summed E-state index contributed by atoms with van der Waals surface area (Å²) in [7, 11) is 1.63. The van der Waals surface area contributed by atoms with Crippen molar-refractivity contribution in [2.45, 2.75) is 38.1 Å². The van der Waals surface area contributed by atoms with E-state index in [4.69, 9.17) is 14.6 Å². The van der Waals surface area contributed by atoms with Gasteiger partial charge in [-0.25, -0.2) is 0 Å². The number of para-hydroxylation sites is 1. The molecule has 1 heterocycles. The van der Waals surface area contributed by atoms with E-state index in [1.165, 1.54) is 0 Å². The SMILES string of the molecule is COc1ccccc1CC(C)CC(=O)NC1(CC(=O)O)CCOC1. The Bertz CT molecular complexity index is 581. The lowest BCUT2D eigenvalue weighted by Gasteiger charge is -2.27. The number of hydrogen-bond acceptors (Lipinski definition) is 4. The minimum Gasteiger partial charge on any atom is -0.496 e. The highest BCUT2D eigenvalue weighted by molar-refractivity contribution is 5.78. The summed E-state index contributed by atoms with van der Waals surface area (Å²) in [6.45, 7) is 2.73. The van der Waals surface area contributed by atoms with Gasteiger partial charge in [-0.3, -0.25) is 9.59 Å². The highest BCUT2D eigenvalue weighted by Gasteiger charge is 2.38. The molecule has 0 bridgehead atoms. The standard InChI is InChI=1S/C18H25NO5/c1-13(9-14-5-3-4-6-15(14)23-2)10-16(20)19-18(11-17(21)22)7-8-24-12-18/h3-6,13H,7-12H2,1-2H3,(H,19,20)(H,21,22). The molecule has 2 unspecified atom stereocenters. The van der Waals surface area contributed by atoms with Gasteiger partial charge in [0.05, 0.1) is 25.7 Å². The topological polar surface area (TPSA) is 84.9 Å². The van der Waals surface area contributed by atoms with E-state index in [2.05, 4.69) is 5.32 Å². The largest absolute Gasteiger partial charge is 0.496 e. The number of nitrogens with one attached hydrogen (secondary N) is 1. The molecule has 1 aliphatic heterocycles. The van der Waals surface area contributed by atoms with Gasteiger partial charge in [0.1, 0.15) is 5.75 Å². The summed E-state index contributed by atoms with van der Waals surface area (Å²) in [5.41, 5.74) is 0.289. The maximum atomic E-state index is 12.3. The average molecular weight is 335 g/mol. The highest BCUT2D eigenvalue weighted by Crippen LogP contribution is 2.25. The number of carboxylic acid groups (broad SMARTS) is 1. The van der Waals surface area contributed by atoms with Gasteiger partial charge in [-0.1, -0.05) is 25.1 Å². The van der Waals surface area contributed by atoms with Gasteiger partial charge in [-0.15, -0.1) is 0 Å². The number of hydrogen-bond donors (Lipinski definition) is 2. The predicted molar refractivity (Wildman–Crippen MR) is 89.0 cm³/mol. The number of carbonyl (C=O) groups is 2. The van der Waals surface area contributed by atoms with Crippen molar-refractivity contribution in [3.05, 3.63) is 29.8 Å². The van der Waals surface area contributed by atoms with E-state index in [9.17, 15) is 9.59 Å². The van der Waals surface area contributed by atoms with Gasteiger partial charge in [0.15, 0.2) is 0 Å². The molecule has 6 heteroatoms. The number of methoxy groups -OCH3 is 1. The Balaban J connectivity index is 1.92. The van der Waals surface area contributed by atoms with Crippen LogP contribution >= 0.6 is 0 Å². The van der Waals surface area contributed by atoms with Crippen LogP contribution < -0.4 is 10.1 Å². The number of carboxylic acids is 1. The molecular weight excluding hydrogens is 310 g/mol. The third-order valence-corrected chi connectivity index (χ3v) is 4.29. The van der Waals surface area contributed by atoms with Crippen LogP contribution in [0.2, 0.25) is 0 Å². The van der Waals surface area contributed by atoms with Crippen LogP contribution in [0.15, 0.2) is 24.3 Å². The fraction of sp³-hybridized carbons (Fsp3) is 0.556. The maximum absolute atomic E-state index is 12.3. The Morgan fingerprint density at radius 1 is 1.42 bits per heavy atom. The summed E-state index contributed by atoms with van der Waals surface area (Å²) in [6.07, 6.45) is 1.48. The molecule has 2 atom stereocenters. The van der Waals surface area contributed by atoms with Crippen LogP contribution in [0.5, 0.6) is 5.75 Å². The predicted octanol–water partition coefficient (Wildman–Crippen LogP) is 2.01. The molecule has 1 aromatic carbocycles. The maximum Gasteiger partial charge on any atom is 0.305 e. The molecule has 1 amide bonds. The molecule has 2 N–H and O–H groups in total. The van der Waals surface area contributed by atoms with Crippen LogP contribution in [0.1, 0.15) is 31.7 Å². The third-order valence-electron chi connectivity index (χ3n) is 4.29. The van der Waals surface area contributed by atoms with E-state index in [1.54, 1.807) is 7.11 Å². The van der Waals surface area contributed by atoms with Crippen molar-refractivity contribution in [3.63, 3.8) is 0 Å². The van der Waals surface area contributed by atoms with Crippen LogP contribution in [-0.4, -0.2) is 42.8 Å². The molecule has 2 rings (SSSR count). The Morgan fingerprint density at radius 2 is 2.17 bits per heavy atom. The Hall–Kier alpha value is -2.08. The molecule has 24 heavy (non-hydrogen) atoms. The molecule has 1 fully saturated rings. The first-order valence-electron chi connectivity index (χ1n) is 8.16. The highest BCUT2D eigenvalue weighted by atomic mass is 16.5. The van der Waals surface area contributed by atoms with E-state index in [1.807, 2.05) is 31.2 Å². The first kappa shape index (κ1) is 18.3. The zero-order valence-electron chi connectivity index (χ0n) is 14.2. The van der Waals surface area contributed by atoms with Crippen LogP contribution in [-0.2, 0) is 20.7 Å². The second-order valence-electron chi connectivity index (χ2n) is 6.53. The quantitative estimate of drug-likeness (QED) is 0.759. The second-order valence-corrected chi connectivity index (χ2v) is 6.53. The minimum absolute atomic E-state index is 0.111. The van der Waals surface area contributed by atoms with Crippen molar-refractivity contribution in [1.29, 1.82) is 0 Å². The lowest BCUT2D eigenvalue weighted by molar-refractivity contribution is -0.139. The van der Waals surface area contributed by atoms with E-state index in [0.717, 1.165) is 17.7 Å². The van der Waals surface area contributed by atoms with Gasteiger partial charge in [-0.05, 0) is 30.4 Å². The van der Waals surface area contributed by atoms with Crippen molar-refractivity contribution >= 4 is 11.9 Å². The molecule has 1 aliphatic rings. The van der Waals surface area contributed by atoms with Gasteiger partial charge in [0.25, 0.3) is 0 Å². The van der Waals surface area contributed by atoms with Crippen molar-refractivity contribution in [3.8, 4) is 5.75 Å². The Labute approximate surface area is 142 Å². The lowest BCUT2D eigenvalue weighted by Crippen LogP contribution is -2.50. The van der Waals surface area contributed by atoms with Crippen molar-refractivity contribution in [1.82, 2.24) is 5.32 Å². The normalized spacial score (nSPS) is 21.2. The Morgan fingerprint density at radius 3 is 2.79 bits per heavy atom. The number of ether oxygens (including phenoxy) is 2. The van der Waals surface area contributed by atoms with Crippen molar-refractivity contribution in [2.24, 2.45) is 5.92 Å². The number of carbonyl (C=O) groups excluding carboxylic acids is 1. The molecule has 0 aromatic heterocycles. The number of amides is 1. The fourth-order valence-corrected chi connectivity index (χ4v) is 3.16. The Kier molecular flexibility index (Phi) is 6.20. The summed E-state index contributed by atoms with van der Waals surface area (Å²) in [6, 6.07) is 7.75. The summed E-state index contributed by atoms with van der Waals surface area (Å²) >= 11 is 0. The smallest absolute Gasteiger partial charge is 0.305 e. The van der Waals surface area contributed by atoms with Crippen molar-refractivity contribution in [2.75, 3.05) is 20.3 Å². The summed E-state index contributed by atoms with van der Waals surface area (Å²) in [5, 5.41) is 12.0. The molecule has 1 aromatic rings. The molecular formula is C18H25NO5. The van der Waals surface area contributed by atoms with E-state index < -0.39 is 11.5 Å². The third kappa shape index (κ3) is 4.96. The van der Waals surface area contributed by atoms with Gasteiger partial charge in [-0.2, -0.15) is 0 Å². The van der Waals surface area contributed by atoms with E-state index in [-0.39, 0.29) is 24.9 Å². The first-order chi connectivity index (χ1) is 11.4. The van der Waals surface area contributed by atoms with E-state index >= 15 is 0 Å². The van der Waals surface area contributed by atoms with Gasteiger partial charge in [0, 0.05) is 13.0 Å². The number of aliphatic carboxylic acids is 1. The van der Waals surface area contributed by atoms with Gasteiger partial charge in [0.2, 0.25) is 5.91 Å². The number of benzene rings is 1. The summed E-state index contributed by atoms with van der Waals surface area (Å²) < 4.78 is 10.6. The summed E-state index contributed by atoms with van der Waals surface area (Å²) in [4.78, 5) is 23.4. The van der Waals surface area contributed by atoms with E-state index in [0.29, 0.717) is 19.4 Å². The van der Waals surface area contributed by atoms with Crippen molar-refractivity contribution < 1.29 is 24.2 Å². The zero-order chi connectivity index (χ0) is 17.6. The van der Waals surface area contributed by atoms with Gasteiger partial charge < -0.3 is 19.9 Å². The molecule has 0 aliphatic carbocycles. The molecule has 6 nitrogen and oxygen atoms in total. The fourth-order valence-electron chi connectivity index (χ4n) is 3.16. The van der Waals surface area contributed by atoms with Gasteiger partial charge >= 0.3 is 5.97 Å². The van der Waals surface area contributed by atoms with Crippen LogP contribution in [0.3, 0.4) is 0 Å². The first-order valence-corrected chi connectivity index (χ1v) is 8.16. The summed E-state index contributed by atoms with van der Waals surface area (Å²) in [5.74, 6) is -0.131. The monoisotopic (exact) mass is 335 g/mol. The van der Waals surface area contributed by atoms with Crippen LogP contribution in [0, 0.1) is 5.92 Å². The average Bonchev–Trinajstić information content (AvgIpc) is 2.94. The van der Waals surface area contributed by atoms with Crippen LogP contribution in [0.25, 0.3) is 0 Å². The molecule has 0 radical (unpaired) electrons. The molecule has 0 saturated carbocycles. The second kappa shape index (κ2) is 8.15. The van der Waals surface area contributed by atoms with Crippen LogP contribution in [0.4, 0.5) is 0 Å². The molecule has 132 valence electrons. The molecule has 1 saturated heterocycles.